The van der Waals surface area contributed by atoms with Crippen LogP contribution in [0.5, 0.6) is 0 Å². The molecule has 0 aromatic carbocycles. The molecular weight excluding hydrogens is 360 g/mol. The van der Waals surface area contributed by atoms with Gasteiger partial charge in [0, 0.05) is 39.4 Å². The summed E-state index contributed by atoms with van der Waals surface area (Å²) in [6.45, 7) is 7.71. The molecule has 3 rings (SSSR count). The zero-order valence-corrected chi connectivity index (χ0v) is 18.3. The normalized spacial score (nSPS) is 19.5. The van der Waals surface area contributed by atoms with Gasteiger partial charge in [-0.1, -0.05) is 31.7 Å². The summed E-state index contributed by atoms with van der Waals surface area (Å²) in [4.78, 5) is 14.1. The van der Waals surface area contributed by atoms with Gasteiger partial charge in [-0.2, -0.15) is 0 Å². The molecule has 1 aromatic rings. The lowest BCUT2D eigenvalue weighted by atomic mass is 10.2. The monoisotopic (exact) mass is 400 g/mol. The number of guanidine groups is 1. The number of hydrogen-bond donors (Lipinski definition) is 2. The van der Waals surface area contributed by atoms with Gasteiger partial charge in [0.25, 0.3) is 0 Å². The van der Waals surface area contributed by atoms with Crippen LogP contribution in [-0.2, 0) is 6.54 Å². The Bertz CT molecular complexity index is 584. The lowest BCUT2D eigenvalue weighted by Crippen LogP contribution is -2.38. The zero-order valence-electron chi connectivity index (χ0n) is 18.3. The molecule has 29 heavy (non-hydrogen) atoms. The molecule has 0 amide bonds. The Morgan fingerprint density at radius 1 is 0.931 bits per heavy atom. The molecular formula is C23H40N6. The Balaban J connectivity index is 1.35. The summed E-state index contributed by atoms with van der Waals surface area (Å²) in [6.07, 6.45) is 14.0. The Hall–Kier alpha value is -1.82. The number of likely N-dealkylation sites (tertiary alicyclic amines) is 1. The van der Waals surface area contributed by atoms with E-state index in [-0.39, 0.29) is 0 Å². The topological polar surface area (TPSA) is 55.8 Å². The van der Waals surface area contributed by atoms with E-state index in [0.717, 1.165) is 44.4 Å². The van der Waals surface area contributed by atoms with E-state index >= 15 is 0 Å². The van der Waals surface area contributed by atoms with Crippen molar-refractivity contribution >= 4 is 11.8 Å². The van der Waals surface area contributed by atoms with Crippen LogP contribution in [-0.4, -0.2) is 62.2 Å². The van der Waals surface area contributed by atoms with Crippen LogP contribution >= 0.6 is 0 Å². The molecule has 2 fully saturated rings. The first kappa shape index (κ1) is 21.9. The maximum absolute atomic E-state index is 4.70. The molecule has 162 valence electrons. The van der Waals surface area contributed by atoms with Crippen molar-refractivity contribution in [1.29, 1.82) is 0 Å². The Morgan fingerprint density at radius 2 is 1.62 bits per heavy atom. The molecule has 0 atom stereocenters. The van der Waals surface area contributed by atoms with Gasteiger partial charge in [0.2, 0.25) is 0 Å². The first-order valence-electron chi connectivity index (χ1n) is 11.7. The molecule has 0 radical (unpaired) electrons. The minimum atomic E-state index is 0.749. The number of pyridine rings is 1. The maximum atomic E-state index is 4.70. The molecule has 0 unspecified atom stereocenters. The number of aliphatic imine (C=N–C) groups is 1. The molecule has 2 aliphatic rings. The van der Waals surface area contributed by atoms with Gasteiger partial charge in [0.1, 0.15) is 5.82 Å². The largest absolute Gasteiger partial charge is 0.357 e. The highest BCUT2D eigenvalue weighted by molar-refractivity contribution is 5.79. The van der Waals surface area contributed by atoms with E-state index in [9.17, 15) is 0 Å². The summed E-state index contributed by atoms with van der Waals surface area (Å²) < 4.78 is 0. The van der Waals surface area contributed by atoms with Crippen LogP contribution in [0.1, 0.15) is 63.4 Å². The third-order valence-electron chi connectivity index (χ3n) is 6.06. The lowest BCUT2D eigenvalue weighted by Gasteiger charge is -2.21. The predicted octanol–water partition coefficient (Wildman–Crippen LogP) is 3.39. The van der Waals surface area contributed by atoms with Crippen molar-refractivity contribution in [2.24, 2.45) is 4.99 Å². The third kappa shape index (κ3) is 7.84. The van der Waals surface area contributed by atoms with E-state index in [1.54, 1.807) is 0 Å². The van der Waals surface area contributed by atoms with E-state index in [2.05, 4.69) is 37.6 Å². The van der Waals surface area contributed by atoms with Crippen LogP contribution in [0, 0.1) is 0 Å². The fourth-order valence-electron chi connectivity index (χ4n) is 4.28. The third-order valence-corrected chi connectivity index (χ3v) is 6.06. The highest BCUT2D eigenvalue weighted by atomic mass is 15.2. The van der Waals surface area contributed by atoms with Crippen molar-refractivity contribution in [2.75, 3.05) is 51.2 Å². The second-order valence-electron chi connectivity index (χ2n) is 8.39. The minimum absolute atomic E-state index is 0.749. The van der Waals surface area contributed by atoms with Crippen molar-refractivity contribution in [3.05, 3.63) is 23.9 Å². The van der Waals surface area contributed by atoms with Gasteiger partial charge >= 0.3 is 0 Å². The van der Waals surface area contributed by atoms with Gasteiger partial charge < -0.3 is 20.4 Å². The summed E-state index contributed by atoms with van der Waals surface area (Å²) in [5.74, 6) is 1.99. The van der Waals surface area contributed by atoms with E-state index < -0.39 is 0 Å². The van der Waals surface area contributed by atoms with Crippen molar-refractivity contribution in [3.63, 3.8) is 0 Å². The summed E-state index contributed by atoms with van der Waals surface area (Å²) >= 11 is 0. The van der Waals surface area contributed by atoms with Gasteiger partial charge in [-0.05, 0) is 63.4 Å². The van der Waals surface area contributed by atoms with Gasteiger partial charge in [-0.25, -0.2) is 4.98 Å². The molecule has 6 heteroatoms. The lowest BCUT2D eigenvalue weighted by molar-refractivity contribution is 0.282. The van der Waals surface area contributed by atoms with E-state index in [1.807, 2.05) is 13.2 Å². The number of anilines is 1. The quantitative estimate of drug-likeness (QED) is 0.417. The number of nitrogens with zero attached hydrogens (tertiary/aromatic N) is 4. The molecule has 2 saturated heterocycles. The fourth-order valence-corrected chi connectivity index (χ4v) is 4.28. The van der Waals surface area contributed by atoms with Crippen LogP contribution in [0.25, 0.3) is 0 Å². The van der Waals surface area contributed by atoms with Crippen molar-refractivity contribution in [1.82, 2.24) is 20.5 Å². The molecule has 0 saturated carbocycles. The summed E-state index contributed by atoms with van der Waals surface area (Å²) in [6, 6.07) is 4.35. The van der Waals surface area contributed by atoms with E-state index in [4.69, 9.17) is 4.98 Å². The van der Waals surface area contributed by atoms with E-state index in [0.29, 0.717) is 0 Å². The minimum Gasteiger partial charge on any atom is -0.357 e. The SMILES string of the molecule is CN=C(NCCCN1CCCCCC1)NCc1ccc(N2CCCCCC2)nc1. The summed E-state index contributed by atoms with van der Waals surface area (Å²) in [5, 5.41) is 6.86. The maximum Gasteiger partial charge on any atom is 0.191 e. The average molecular weight is 401 g/mol. The number of nitrogens with one attached hydrogen (secondary N) is 2. The van der Waals surface area contributed by atoms with Crippen LogP contribution in [0.3, 0.4) is 0 Å². The molecule has 0 aliphatic carbocycles. The van der Waals surface area contributed by atoms with Gasteiger partial charge in [-0.15, -0.1) is 0 Å². The van der Waals surface area contributed by atoms with E-state index in [1.165, 1.54) is 76.6 Å². The van der Waals surface area contributed by atoms with Crippen molar-refractivity contribution < 1.29 is 0 Å². The highest BCUT2D eigenvalue weighted by Crippen LogP contribution is 2.17. The van der Waals surface area contributed by atoms with Crippen LogP contribution in [0.2, 0.25) is 0 Å². The Morgan fingerprint density at radius 3 is 2.24 bits per heavy atom. The van der Waals surface area contributed by atoms with Gasteiger partial charge in [0.15, 0.2) is 5.96 Å². The first-order valence-corrected chi connectivity index (χ1v) is 11.7. The average Bonchev–Trinajstić information content (AvgIpc) is 3.19. The smallest absolute Gasteiger partial charge is 0.191 e. The molecule has 0 bridgehead atoms. The first-order chi connectivity index (χ1) is 14.3. The molecule has 2 aliphatic heterocycles. The second kappa shape index (κ2) is 12.7. The summed E-state index contributed by atoms with van der Waals surface area (Å²) in [7, 11) is 1.84. The molecule has 6 nitrogen and oxygen atoms in total. The standard InChI is InChI=1S/C23H40N6/c1-24-23(25-13-10-16-28-14-6-2-3-7-15-28)27-20-21-11-12-22(26-19-21)29-17-8-4-5-9-18-29/h11-12,19H,2-10,13-18,20H2,1H3,(H2,24,25,27). The van der Waals surface area contributed by atoms with Crippen LogP contribution in [0.4, 0.5) is 5.82 Å². The number of rotatable bonds is 7. The molecule has 1 aromatic heterocycles. The second-order valence-corrected chi connectivity index (χ2v) is 8.39. The van der Waals surface area contributed by atoms with Gasteiger partial charge in [-0.3, -0.25) is 4.99 Å². The molecule has 0 spiro atoms. The number of hydrogen-bond acceptors (Lipinski definition) is 4. The fraction of sp³-hybridized carbons (Fsp3) is 0.739. The van der Waals surface area contributed by atoms with Crippen molar-refractivity contribution in [2.45, 2.75) is 64.3 Å². The summed E-state index contributed by atoms with van der Waals surface area (Å²) in [5.41, 5.74) is 1.19. The van der Waals surface area contributed by atoms with Crippen LogP contribution in [0.15, 0.2) is 23.3 Å². The predicted molar refractivity (Wildman–Crippen MR) is 123 cm³/mol. The highest BCUT2D eigenvalue weighted by Gasteiger charge is 2.11. The van der Waals surface area contributed by atoms with Crippen molar-refractivity contribution in [3.8, 4) is 0 Å². The zero-order chi connectivity index (χ0) is 20.2. The van der Waals surface area contributed by atoms with Crippen LogP contribution < -0.4 is 15.5 Å². The Labute approximate surface area is 177 Å². The number of aromatic nitrogens is 1. The molecule has 3 heterocycles. The molecule has 2 N–H and O–H groups in total. The Kier molecular flexibility index (Phi) is 9.57. The van der Waals surface area contributed by atoms with Gasteiger partial charge in [0.05, 0.1) is 0 Å².